The zero-order valence-corrected chi connectivity index (χ0v) is 13.9. The van der Waals surface area contributed by atoms with Gasteiger partial charge in [0, 0.05) is 11.4 Å². The SMILES string of the molecule is CC(c1ccccc1)S(=O)c1nncn1CCc1cccs1. The molecule has 2 unspecified atom stereocenters. The fraction of sp³-hybridized carbons (Fsp3) is 0.250. The number of benzene rings is 1. The molecule has 6 heteroatoms. The highest BCUT2D eigenvalue weighted by Crippen LogP contribution is 2.23. The van der Waals surface area contributed by atoms with E-state index in [2.05, 4.69) is 21.6 Å². The zero-order valence-electron chi connectivity index (χ0n) is 12.3. The second kappa shape index (κ2) is 6.98. The highest BCUT2D eigenvalue weighted by molar-refractivity contribution is 7.85. The van der Waals surface area contributed by atoms with Crippen LogP contribution in [0.25, 0.3) is 0 Å². The Kier molecular flexibility index (Phi) is 4.80. The Morgan fingerprint density at radius 2 is 2.05 bits per heavy atom. The van der Waals surface area contributed by atoms with Gasteiger partial charge in [-0.05, 0) is 30.4 Å². The number of hydrogen-bond donors (Lipinski definition) is 0. The minimum Gasteiger partial charge on any atom is -0.306 e. The lowest BCUT2D eigenvalue weighted by Gasteiger charge is -2.12. The lowest BCUT2D eigenvalue weighted by atomic mass is 10.2. The van der Waals surface area contributed by atoms with Crippen LogP contribution in [0.15, 0.2) is 59.3 Å². The largest absolute Gasteiger partial charge is 0.306 e. The molecule has 2 atom stereocenters. The van der Waals surface area contributed by atoms with E-state index in [1.807, 2.05) is 47.9 Å². The van der Waals surface area contributed by atoms with Gasteiger partial charge in [-0.3, -0.25) is 4.21 Å². The Labute approximate surface area is 136 Å². The molecule has 3 aromatic rings. The maximum Gasteiger partial charge on any atom is 0.222 e. The topological polar surface area (TPSA) is 47.8 Å². The summed E-state index contributed by atoms with van der Waals surface area (Å²) >= 11 is 1.73. The fourth-order valence-electron chi connectivity index (χ4n) is 2.24. The Balaban J connectivity index is 1.74. The van der Waals surface area contributed by atoms with E-state index < -0.39 is 10.8 Å². The summed E-state index contributed by atoms with van der Waals surface area (Å²) in [6.45, 7) is 2.71. The van der Waals surface area contributed by atoms with E-state index in [0.29, 0.717) is 5.16 Å². The summed E-state index contributed by atoms with van der Waals surface area (Å²) in [4.78, 5) is 1.31. The van der Waals surface area contributed by atoms with Crippen molar-refractivity contribution < 1.29 is 4.21 Å². The summed E-state index contributed by atoms with van der Waals surface area (Å²) in [7, 11) is -1.22. The first-order valence-electron chi connectivity index (χ1n) is 7.11. The van der Waals surface area contributed by atoms with E-state index in [-0.39, 0.29) is 5.25 Å². The Bertz CT molecular complexity index is 738. The van der Waals surface area contributed by atoms with Gasteiger partial charge in [0.1, 0.15) is 6.33 Å². The van der Waals surface area contributed by atoms with Crippen LogP contribution < -0.4 is 0 Å². The van der Waals surface area contributed by atoms with Crippen LogP contribution in [0.3, 0.4) is 0 Å². The number of rotatable bonds is 6. The van der Waals surface area contributed by atoms with Crippen molar-refractivity contribution in [3.8, 4) is 0 Å². The van der Waals surface area contributed by atoms with Crippen molar-refractivity contribution in [3.05, 3.63) is 64.6 Å². The number of nitrogens with zero attached hydrogens (tertiary/aromatic N) is 3. The fourth-order valence-corrected chi connectivity index (χ4v) is 4.16. The molecule has 0 fully saturated rings. The molecule has 22 heavy (non-hydrogen) atoms. The summed E-state index contributed by atoms with van der Waals surface area (Å²) in [5.41, 5.74) is 1.05. The van der Waals surface area contributed by atoms with Crippen molar-refractivity contribution >= 4 is 22.1 Å². The van der Waals surface area contributed by atoms with Crippen LogP contribution in [0.2, 0.25) is 0 Å². The normalized spacial score (nSPS) is 13.9. The average Bonchev–Trinajstić information content (AvgIpc) is 3.23. The smallest absolute Gasteiger partial charge is 0.222 e. The molecule has 0 radical (unpaired) electrons. The van der Waals surface area contributed by atoms with E-state index in [0.717, 1.165) is 18.5 Å². The van der Waals surface area contributed by atoms with Crippen molar-refractivity contribution in [3.63, 3.8) is 0 Å². The molecular formula is C16H17N3OS2. The van der Waals surface area contributed by atoms with Gasteiger partial charge in [-0.1, -0.05) is 36.4 Å². The van der Waals surface area contributed by atoms with Gasteiger partial charge in [0.2, 0.25) is 5.16 Å². The molecule has 0 saturated carbocycles. The molecule has 2 heterocycles. The van der Waals surface area contributed by atoms with Gasteiger partial charge in [-0.15, -0.1) is 21.5 Å². The summed E-state index contributed by atoms with van der Waals surface area (Å²) in [5, 5.41) is 10.5. The zero-order chi connectivity index (χ0) is 15.4. The molecule has 114 valence electrons. The van der Waals surface area contributed by atoms with Crippen molar-refractivity contribution in [1.82, 2.24) is 14.8 Å². The highest BCUT2D eigenvalue weighted by Gasteiger charge is 2.20. The molecule has 0 aliphatic carbocycles. The maximum absolute atomic E-state index is 12.8. The van der Waals surface area contributed by atoms with Gasteiger partial charge >= 0.3 is 0 Å². The van der Waals surface area contributed by atoms with Gasteiger partial charge in [-0.25, -0.2) is 0 Å². The molecule has 0 N–H and O–H groups in total. The third-order valence-corrected chi connectivity index (χ3v) is 6.06. The van der Waals surface area contributed by atoms with Gasteiger partial charge in [0.15, 0.2) is 0 Å². The molecule has 2 aromatic heterocycles. The molecule has 0 saturated heterocycles. The molecule has 4 nitrogen and oxygen atoms in total. The first-order valence-corrected chi connectivity index (χ1v) is 9.20. The van der Waals surface area contributed by atoms with Crippen LogP contribution in [0.5, 0.6) is 0 Å². The van der Waals surface area contributed by atoms with Crippen LogP contribution >= 0.6 is 11.3 Å². The van der Waals surface area contributed by atoms with Crippen molar-refractivity contribution in [2.75, 3.05) is 0 Å². The van der Waals surface area contributed by atoms with Crippen molar-refractivity contribution in [1.29, 1.82) is 0 Å². The molecular weight excluding hydrogens is 314 g/mol. The number of thiophene rings is 1. The third-order valence-electron chi connectivity index (χ3n) is 3.53. The number of hydrogen-bond acceptors (Lipinski definition) is 4. The minimum absolute atomic E-state index is 0.106. The first-order chi connectivity index (χ1) is 10.8. The molecule has 0 bridgehead atoms. The summed E-state index contributed by atoms with van der Waals surface area (Å²) in [5.74, 6) is 0. The molecule has 1 aromatic carbocycles. The predicted octanol–water partition coefficient (Wildman–Crippen LogP) is 3.45. The van der Waals surface area contributed by atoms with Crippen molar-refractivity contribution in [2.45, 2.75) is 30.3 Å². The number of aromatic nitrogens is 3. The van der Waals surface area contributed by atoms with Crippen LogP contribution in [-0.2, 0) is 23.8 Å². The summed E-state index contributed by atoms with van der Waals surface area (Å²) < 4.78 is 14.7. The second-order valence-corrected chi connectivity index (χ2v) is 7.69. The molecule has 0 aliphatic rings. The van der Waals surface area contributed by atoms with E-state index in [1.165, 1.54) is 4.88 Å². The van der Waals surface area contributed by atoms with E-state index in [9.17, 15) is 4.21 Å². The van der Waals surface area contributed by atoms with E-state index in [4.69, 9.17) is 0 Å². The molecule has 0 amide bonds. The average molecular weight is 331 g/mol. The van der Waals surface area contributed by atoms with Gasteiger partial charge < -0.3 is 4.57 Å². The van der Waals surface area contributed by atoms with Crippen LogP contribution in [0.1, 0.15) is 22.6 Å². The summed E-state index contributed by atoms with van der Waals surface area (Å²) in [6.07, 6.45) is 2.57. The first kappa shape index (κ1) is 15.1. The van der Waals surface area contributed by atoms with E-state index in [1.54, 1.807) is 17.7 Å². The highest BCUT2D eigenvalue weighted by atomic mass is 32.2. The van der Waals surface area contributed by atoms with Gasteiger partial charge in [0.25, 0.3) is 0 Å². The monoisotopic (exact) mass is 331 g/mol. The maximum atomic E-state index is 12.8. The second-order valence-electron chi connectivity index (χ2n) is 4.99. The lowest BCUT2D eigenvalue weighted by Crippen LogP contribution is -2.11. The minimum atomic E-state index is -1.22. The van der Waals surface area contributed by atoms with Gasteiger partial charge in [0.05, 0.1) is 16.0 Å². The molecule has 0 aliphatic heterocycles. The quantitative estimate of drug-likeness (QED) is 0.695. The van der Waals surface area contributed by atoms with E-state index >= 15 is 0 Å². The lowest BCUT2D eigenvalue weighted by molar-refractivity contribution is 0.610. The van der Waals surface area contributed by atoms with Gasteiger partial charge in [-0.2, -0.15) is 0 Å². The standard InChI is InChI=1S/C16H17N3OS2/c1-13(14-6-3-2-4-7-14)22(20)16-18-17-12-19(16)10-9-15-8-5-11-21-15/h2-8,11-13H,9-10H2,1H3. The predicted molar refractivity (Wildman–Crippen MR) is 89.3 cm³/mol. The van der Waals surface area contributed by atoms with Crippen LogP contribution in [0, 0.1) is 0 Å². The third kappa shape index (κ3) is 3.34. The van der Waals surface area contributed by atoms with Crippen LogP contribution in [-0.4, -0.2) is 19.0 Å². The molecule has 0 spiro atoms. The summed E-state index contributed by atoms with van der Waals surface area (Å²) in [6, 6.07) is 14.0. The Hall–Kier alpha value is -1.79. The molecule has 3 rings (SSSR count). The number of aryl methyl sites for hydroxylation is 2. The van der Waals surface area contributed by atoms with Crippen molar-refractivity contribution in [2.24, 2.45) is 0 Å². The van der Waals surface area contributed by atoms with Crippen LogP contribution in [0.4, 0.5) is 0 Å². The Morgan fingerprint density at radius 1 is 1.23 bits per heavy atom. The Morgan fingerprint density at radius 3 is 2.77 bits per heavy atom.